The molecule has 1 saturated heterocycles. The number of benzene rings is 2. The third-order valence-corrected chi connectivity index (χ3v) is 6.21. The normalized spacial score (nSPS) is 17.6. The van der Waals surface area contributed by atoms with Gasteiger partial charge < -0.3 is 14.6 Å². The van der Waals surface area contributed by atoms with Gasteiger partial charge in [0.1, 0.15) is 5.76 Å². The summed E-state index contributed by atoms with van der Waals surface area (Å²) in [7, 11) is 3.04. The zero-order valence-corrected chi connectivity index (χ0v) is 18.9. The molecule has 1 aromatic heterocycles. The maximum absolute atomic E-state index is 13.2. The minimum Gasteiger partial charge on any atom is -0.507 e. The van der Waals surface area contributed by atoms with E-state index in [-0.39, 0.29) is 11.3 Å². The fourth-order valence-corrected chi connectivity index (χ4v) is 4.51. The summed E-state index contributed by atoms with van der Waals surface area (Å²) in [6.07, 6.45) is 1.57. The van der Waals surface area contributed by atoms with E-state index in [9.17, 15) is 14.7 Å². The maximum Gasteiger partial charge on any atom is 0.301 e. The number of carbonyl (C=O) groups excluding carboxylic acids is 2. The van der Waals surface area contributed by atoms with E-state index in [0.29, 0.717) is 27.8 Å². The molecule has 3 aromatic rings. The molecule has 1 amide bonds. The monoisotopic (exact) mass is 450 g/mol. The van der Waals surface area contributed by atoms with Crippen LogP contribution in [0.1, 0.15) is 28.3 Å². The van der Waals surface area contributed by atoms with E-state index in [1.54, 1.807) is 35.8 Å². The van der Waals surface area contributed by atoms with Gasteiger partial charge >= 0.3 is 5.91 Å². The van der Waals surface area contributed by atoms with Crippen molar-refractivity contribution in [1.29, 1.82) is 0 Å². The second kappa shape index (κ2) is 8.47. The molecule has 1 unspecified atom stereocenters. The number of hydrogen-bond donors (Lipinski definition) is 1. The predicted octanol–water partition coefficient (Wildman–Crippen LogP) is 4.40. The Kier molecular flexibility index (Phi) is 5.71. The van der Waals surface area contributed by atoms with Crippen LogP contribution in [0.5, 0.6) is 11.5 Å². The average molecular weight is 451 g/mol. The van der Waals surface area contributed by atoms with E-state index in [0.717, 1.165) is 11.1 Å². The summed E-state index contributed by atoms with van der Waals surface area (Å²) in [5.74, 6) is -0.771. The summed E-state index contributed by atoms with van der Waals surface area (Å²) in [6.45, 7) is 3.74. The molecule has 8 heteroatoms. The highest BCUT2D eigenvalue weighted by Crippen LogP contribution is 2.44. The lowest BCUT2D eigenvalue weighted by Crippen LogP contribution is -2.29. The van der Waals surface area contributed by atoms with Crippen LogP contribution < -0.4 is 14.4 Å². The molecule has 1 atom stereocenters. The number of aromatic nitrogens is 1. The first-order valence-electron chi connectivity index (χ1n) is 9.87. The molecule has 32 heavy (non-hydrogen) atoms. The number of aliphatic hydroxyl groups is 1. The number of Topliss-reactive ketones (excluding diaryl/α,β-unsaturated/α-hetero) is 1. The van der Waals surface area contributed by atoms with E-state index in [1.807, 2.05) is 26.0 Å². The van der Waals surface area contributed by atoms with E-state index in [1.165, 1.54) is 30.5 Å². The van der Waals surface area contributed by atoms with Crippen molar-refractivity contribution < 1.29 is 24.2 Å². The van der Waals surface area contributed by atoms with Crippen molar-refractivity contribution in [2.45, 2.75) is 19.9 Å². The summed E-state index contributed by atoms with van der Waals surface area (Å²) >= 11 is 1.24. The van der Waals surface area contributed by atoms with Crippen molar-refractivity contribution in [3.05, 3.63) is 75.8 Å². The quantitative estimate of drug-likeness (QED) is 0.352. The number of nitrogens with zero attached hydrogens (tertiary/aromatic N) is 2. The number of methoxy groups -OCH3 is 2. The van der Waals surface area contributed by atoms with Crippen LogP contribution in [0, 0.1) is 13.8 Å². The van der Waals surface area contributed by atoms with Gasteiger partial charge in [-0.05, 0) is 43.2 Å². The zero-order valence-electron chi connectivity index (χ0n) is 18.1. The summed E-state index contributed by atoms with van der Waals surface area (Å²) in [4.78, 5) is 31.9. The Hall–Kier alpha value is -3.65. The Labute approximate surface area is 189 Å². The molecule has 0 aliphatic carbocycles. The minimum atomic E-state index is -0.874. The van der Waals surface area contributed by atoms with Crippen LogP contribution in [0.25, 0.3) is 5.76 Å². The fraction of sp³-hybridized carbons (Fsp3) is 0.208. The second-order valence-corrected chi connectivity index (χ2v) is 8.29. The molecule has 1 fully saturated rings. The molecule has 1 aliphatic heterocycles. The third kappa shape index (κ3) is 3.52. The van der Waals surface area contributed by atoms with Crippen molar-refractivity contribution >= 4 is 33.9 Å². The Morgan fingerprint density at radius 3 is 2.47 bits per heavy atom. The number of thiazole rings is 1. The smallest absolute Gasteiger partial charge is 0.301 e. The van der Waals surface area contributed by atoms with E-state index < -0.39 is 17.7 Å². The highest BCUT2D eigenvalue weighted by molar-refractivity contribution is 7.14. The minimum absolute atomic E-state index is 0.00567. The molecule has 4 rings (SSSR count). The summed E-state index contributed by atoms with van der Waals surface area (Å²) in [6, 6.07) is 9.86. The van der Waals surface area contributed by atoms with Crippen LogP contribution >= 0.6 is 11.3 Å². The Balaban J connectivity index is 1.98. The molecular formula is C24H22N2O5S. The van der Waals surface area contributed by atoms with Gasteiger partial charge in [0.15, 0.2) is 16.6 Å². The van der Waals surface area contributed by atoms with Gasteiger partial charge in [0.2, 0.25) is 0 Å². The average Bonchev–Trinajstić information content (AvgIpc) is 3.41. The van der Waals surface area contributed by atoms with Gasteiger partial charge in [-0.1, -0.05) is 23.8 Å². The molecule has 0 spiro atoms. The molecule has 0 radical (unpaired) electrons. The van der Waals surface area contributed by atoms with Crippen molar-refractivity contribution in [2.75, 3.05) is 19.1 Å². The van der Waals surface area contributed by atoms with E-state index in [2.05, 4.69) is 4.98 Å². The SMILES string of the molecule is COc1ccc(C2C(=C(O)c3cc(C)ccc3C)C(=O)C(=O)N2c2nccs2)cc1OC. The standard InChI is InChI=1S/C24H22N2O5S/c1-13-5-6-14(2)16(11-13)21(27)19-20(15-7-8-17(30-3)18(12-15)31-4)26(23(29)22(19)28)24-25-9-10-32-24/h5-12,20,27H,1-4H3. The maximum atomic E-state index is 13.2. The van der Waals surface area contributed by atoms with Gasteiger partial charge in [0.05, 0.1) is 25.8 Å². The number of amides is 1. The number of aryl methyl sites for hydroxylation is 2. The van der Waals surface area contributed by atoms with E-state index >= 15 is 0 Å². The lowest BCUT2D eigenvalue weighted by molar-refractivity contribution is -0.132. The number of carbonyl (C=O) groups is 2. The van der Waals surface area contributed by atoms with Crippen LogP contribution in [0.3, 0.4) is 0 Å². The Morgan fingerprint density at radius 2 is 1.81 bits per heavy atom. The lowest BCUT2D eigenvalue weighted by atomic mass is 9.93. The van der Waals surface area contributed by atoms with Crippen molar-refractivity contribution in [3.63, 3.8) is 0 Å². The highest BCUT2D eigenvalue weighted by Gasteiger charge is 2.48. The van der Waals surface area contributed by atoms with Crippen LogP contribution in [0.4, 0.5) is 5.13 Å². The van der Waals surface area contributed by atoms with Gasteiger partial charge in [-0.25, -0.2) is 4.98 Å². The van der Waals surface area contributed by atoms with Crippen molar-refractivity contribution in [1.82, 2.24) is 4.98 Å². The van der Waals surface area contributed by atoms with E-state index in [4.69, 9.17) is 9.47 Å². The lowest BCUT2D eigenvalue weighted by Gasteiger charge is -2.24. The predicted molar refractivity (Wildman–Crippen MR) is 122 cm³/mol. The highest BCUT2D eigenvalue weighted by atomic mass is 32.1. The number of ketones is 1. The largest absolute Gasteiger partial charge is 0.507 e. The molecule has 2 aromatic carbocycles. The van der Waals surface area contributed by atoms with Crippen LogP contribution in [0.2, 0.25) is 0 Å². The molecule has 0 saturated carbocycles. The fourth-order valence-electron chi connectivity index (χ4n) is 3.84. The molecule has 164 valence electrons. The van der Waals surface area contributed by atoms with Gasteiger partial charge in [-0.3, -0.25) is 14.5 Å². The molecule has 1 aliphatic rings. The number of rotatable bonds is 5. The summed E-state index contributed by atoms with van der Waals surface area (Å²) < 4.78 is 10.7. The molecule has 2 heterocycles. The molecule has 7 nitrogen and oxygen atoms in total. The van der Waals surface area contributed by atoms with Crippen LogP contribution in [-0.2, 0) is 9.59 Å². The van der Waals surface area contributed by atoms with Crippen LogP contribution in [-0.4, -0.2) is 36.0 Å². The first-order chi connectivity index (χ1) is 15.4. The summed E-state index contributed by atoms with van der Waals surface area (Å²) in [5, 5.41) is 13.4. The number of aliphatic hydroxyl groups excluding tert-OH is 1. The Morgan fingerprint density at radius 1 is 1.06 bits per heavy atom. The first-order valence-corrected chi connectivity index (χ1v) is 10.8. The topological polar surface area (TPSA) is 89.0 Å². The molecular weight excluding hydrogens is 428 g/mol. The molecule has 0 bridgehead atoms. The third-order valence-electron chi connectivity index (χ3n) is 5.44. The van der Waals surface area contributed by atoms with Gasteiger partial charge in [0, 0.05) is 17.1 Å². The first kappa shape index (κ1) is 21.6. The van der Waals surface area contributed by atoms with Gasteiger partial charge in [0.25, 0.3) is 5.78 Å². The zero-order chi connectivity index (χ0) is 23.0. The Bertz CT molecular complexity index is 1230. The number of hydrogen-bond acceptors (Lipinski definition) is 7. The van der Waals surface area contributed by atoms with Crippen LogP contribution in [0.15, 0.2) is 53.5 Å². The van der Waals surface area contributed by atoms with Crippen molar-refractivity contribution in [3.8, 4) is 11.5 Å². The summed E-state index contributed by atoms with van der Waals surface area (Å²) in [5.41, 5.74) is 2.82. The molecule has 1 N–H and O–H groups in total. The number of anilines is 1. The van der Waals surface area contributed by atoms with Gasteiger partial charge in [-0.2, -0.15) is 0 Å². The second-order valence-electron chi connectivity index (χ2n) is 7.42. The van der Waals surface area contributed by atoms with Crippen molar-refractivity contribution in [2.24, 2.45) is 0 Å². The number of ether oxygens (including phenoxy) is 2. The van der Waals surface area contributed by atoms with Gasteiger partial charge in [-0.15, -0.1) is 11.3 Å².